The number of piperidine rings is 1. The Balaban J connectivity index is 1.65. The number of aromatic nitrogens is 4. The van der Waals surface area contributed by atoms with Crippen molar-refractivity contribution in [1.82, 2.24) is 24.4 Å². The number of hydrogen-bond acceptors (Lipinski definition) is 5. The third kappa shape index (κ3) is 3.34. The zero-order valence-electron chi connectivity index (χ0n) is 16.8. The molecule has 1 aliphatic heterocycles. The first-order chi connectivity index (χ1) is 13.4. The fourth-order valence-corrected chi connectivity index (χ4v) is 3.82. The molecular weight excluding hydrogens is 356 g/mol. The average Bonchev–Trinajstić information content (AvgIpc) is 3.24. The summed E-state index contributed by atoms with van der Waals surface area (Å²) < 4.78 is 7.77. The third-order valence-electron chi connectivity index (χ3n) is 4.99. The fourth-order valence-electron chi connectivity index (χ4n) is 3.82. The highest BCUT2D eigenvalue weighted by Gasteiger charge is 2.29. The van der Waals surface area contributed by atoms with Gasteiger partial charge in [0, 0.05) is 37.8 Å². The van der Waals surface area contributed by atoms with Crippen LogP contribution in [0.1, 0.15) is 45.5 Å². The molecule has 8 nitrogen and oxygen atoms in total. The maximum atomic E-state index is 12.4. The Morgan fingerprint density at radius 1 is 1.36 bits per heavy atom. The van der Waals surface area contributed by atoms with Gasteiger partial charge in [-0.05, 0) is 39.7 Å². The molecule has 0 aliphatic carbocycles. The molecule has 4 rings (SSSR count). The first-order valence-corrected chi connectivity index (χ1v) is 9.61. The molecule has 1 fully saturated rings. The number of H-pyrrole nitrogens is 1. The van der Waals surface area contributed by atoms with E-state index in [1.165, 1.54) is 0 Å². The van der Waals surface area contributed by atoms with Crippen molar-refractivity contribution < 1.29 is 9.53 Å². The number of carbonyl (C=O) groups excluding carboxylic acids is 1. The second-order valence-electron chi connectivity index (χ2n) is 8.16. The average molecular weight is 382 g/mol. The second kappa shape index (κ2) is 6.92. The van der Waals surface area contributed by atoms with Gasteiger partial charge in [-0.15, -0.1) is 0 Å². The molecule has 0 saturated carbocycles. The lowest BCUT2D eigenvalue weighted by molar-refractivity contribution is 0.0189. The maximum Gasteiger partial charge on any atom is 0.410 e. The number of fused-ring (bicyclic) bond motifs is 3. The lowest BCUT2D eigenvalue weighted by atomic mass is 10.0. The zero-order valence-corrected chi connectivity index (χ0v) is 16.8. The number of hydrogen-bond donors (Lipinski definition) is 1. The molecule has 1 N–H and O–H groups in total. The molecule has 1 saturated heterocycles. The van der Waals surface area contributed by atoms with E-state index in [1.54, 1.807) is 24.4 Å². The van der Waals surface area contributed by atoms with Crippen LogP contribution in [0.4, 0.5) is 4.79 Å². The Morgan fingerprint density at radius 3 is 2.79 bits per heavy atom. The molecular formula is C20H26N6O2. The van der Waals surface area contributed by atoms with Crippen molar-refractivity contribution in [3.8, 4) is 0 Å². The van der Waals surface area contributed by atoms with E-state index in [4.69, 9.17) is 9.72 Å². The summed E-state index contributed by atoms with van der Waals surface area (Å²) in [5.41, 5.74) is 2.29. The number of aromatic amines is 1. The van der Waals surface area contributed by atoms with Crippen molar-refractivity contribution in [1.29, 1.82) is 0 Å². The van der Waals surface area contributed by atoms with Crippen LogP contribution in [0.2, 0.25) is 0 Å². The van der Waals surface area contributed by atoms with Gasteiger partial charge in [-0.1, -0.05) is 0 Å². The van der Waals surface area contributed by atoms with E-state index in [2.05, 4.69) is 19.5 Å². The molecule has 4 heterocycles. The van der Waals surface area contributed by atoms with E-state index in [0.29, 0.717) is 13.1 Å². The van der Waals surface area contributed by atoms with Gasteiger partial charge in [-0.2, -0.15) is 0 Å². The number of amides is 1. The standard InChI is InChI=1S/C20H26N6O2/c1-20(2,3)28-19(27)25-9-6-13(7-10-25)26-16(12-21-4)24-15-11-23-18-14(17(15)26)5-8-22-18/h5,8,11-13H,6-7,9-10H2,1-4H3,(H,22,23). The summed E-state index contributed by atoms with van der Waals surface area (Å²) >= 11 is 0. The number of carbonyl (C=O) groups is 1. The molecule has 3 aromatic rings. The molecule has 1 aliphatic rings. The van der Waals surface area contributed by atoms with Crippen molar-refractivity contribution in [3.05, 3.63) is 24.3 Å². The largest absolute Gasteiger partial charge is 0.444 e. The Labute approximate surface area is 163 Å². The predicted octanol–water partition coefficient (Wildman–Crippen LogP) is 3.53. The molecule has 1 amide bonds. The van der Waals surface area contributed by atoms with E-state index in [-0.39, 0.29) is 12.1 Å². The van der Waals surface area contributed by atoms with Crippen LogP contribution < -0.4 is 0 Å². The number of imidazole rings is 1. The van der Waals surface area contributed by atoms with Crippen LogP contribution in [0.3, 0.4) is 0 Å². The highest BCUT2D eigenvalue weighted by Crippen LogP contribution is 2.32. The van der Waals surface area contributed by atoms with Crippen LogP contribution in [0.5, 0.6) is 0 Å². The molecule has 3 aromatic heterocycles. The summed E-state index contributed by atoms with van der Waals surface area (Å²) in [6.07, 6.45) is 6.92. The highest BCUT2D eigenvalue weighted by atomic mass is 16.6. The maximum absolute atomic E-state index is 12.4. The van der Waals surface area contributed by atoms with Gasteiger partial charge in [-0.25, -0.2) is 14.8 Å². The normalized spacial score (nSPS) is 16.5. The number of nitrogens with zero attached hydrogens (tertiary/aromatic N) is 5. The quantitative estimate of drug-likeness (QED) is 0.687. The molecule has 0 unspecified atom stereocenters. The van der Waals surface area contributed by atoms with Crippen molar-refractivity contribution in [2.75, 3.05) is 20.1 Å². The van der Waals surface area contributed by atoms with Crippen molar-refractivity contribution in [2.24, 2.45) is 4.99 Å². The molecule has 148 valence electrons. The van der Waals surface area contributed by atoms with Crippen molar-refractivity contribution >= 4 is 34.4 Å². The summed E-state index contributed by atoms with van der Waals surface area (Å²) in [7, 11) is 1.75. The Hall–Kier alpha value is -2.90. The van der Waals surface area contributed by atoms with Crippen LogP contribution >= 0.6 is 0 Å². The van der Waals surface area contributed by atoms with Gasteiger partial charge >= 0.3 is 6.09 Å². The SMILES string of the molecule is CN=Cc1nc2cnc3[nH]ccc3c2n1C1CCN(C(=O)OC(C)(C)C)CC1. The van der Waals surface area contributed by atoms with Crippen molar-refractivity contribution in [2.45, 2.75) is 45.3 Å². The van der Waals surface area contributed by atoms with Gasteiger partial charge < -0.3 is 19.2 Å². The topological polar surface area (TPSA) is 88.4 Å². The second-order valence-corrected chi connectivity index (χ2v) is 8.16. The summed E-state index contributed by atoms with van der Waals surface area (Å²) in [6, 6.07) is 2.27. The minimum absolute atomic E-state index is 0.234. The Kier molecular flexibility index (Phi) is 4.56. The summed E-state index contributed by atoms with van der Waals surface area (Å²) in [4.78, 5) is 30.7. The predicted molar refractivity (Wildman–Crippen MR) is 109 cm³/mol. The monoisotopic (exact) mass is 382 g/mol. The van der Waals surface area contributed by atoms with Gasteiger partial charge in [0.15, 0.2) is 5.82 Å². The number of aliphatic imine (C=N–C) groups is 1. The van der Waals surface area contributed by atoms with E-state index in [1.807, 2.05) is 33.0 Å². The van der Waals surface area contributed by atoms with Crippen LogP contribution in [0.15, 0.2) is 23.5 Å². The van der Waals surface area contributed by atoms with Crippen LogP contribution in [-0.2, 0) is 4.74 Å². The lowest BCUT2D eigenvalue weighted by Gasteiger charge is -2.34. The van der Waals surface area contributed by atoms with Crippen LogP contribution in [0.25, 0.3) is 22.1 Å². The minimum atomic E-state index is -0.480. The molecule has 0 radical (unpaired) electrons. The summed E-state index contributed by atoms with van der Waals surface area (Å²) in [5.74, 6) is 0.823. The van der Waals surface area contributed by atoms with Gasteiger partial charge in [0.25, 0.3) is 0 Å². The third-order valence-corrected chi connectivity index (χ3v) is 4.99. The molecule has 8 heteroatoms. The van der Waals surface area contributed by atoms with Gasteiger partial charge in [-0.3, -0.25) is 4.99 Å². The first kappa shape index (κ1) is 18.5. The van der Waals surface area contributed by atoms with E-state index in [9.17, 15) is 4.79 Å². The van der Waals surface area contributed by atoms with Crippen LogP contribution in [0, 0.1) is 0 Å². The van der Waals surface area contributed by atoms with Gasteiger partial charge in [0.2, 0.25) is 0 Å². The van der Waals surface area contributed by atoms with E-state index >= 15 is 0 Å². The fraction of sp³-hybridized carbons (Fsp3) is 0.500. The minimum Gasteiger partial charge on any atom is -0.444 e. The molecule has 0 aromatic carbocycles. The zero-order chi connectivity index (χ0) is 19.9. The molecule has 0 spiro atoms. The van der Waals surface area contributed by atoms with Crippen molar-refractivity contribution in [3.63, 3.8) is 0 Å². The summed E-state index contributed by atoms with van der Waals surface area (Å²) in [5, 5.41) is 1.05. The number of pyridine rings is 1. The smallest absolute Gasteiger partial charge is 0.410 e. The number of nitrogens with one attached hydrogen (secondary N) is 1. The Bertz CT molecular complexity index is 1030. The molecule has 0 atom stereocenters. The van der Waals surface area contributed by atoms with Gasteiger partial charge in [0.1, 0.15) is 16.8 Å². The van der Waals surface area contributed by atoms with E-state index in [0.717, 1.165) is 40.7 Å². The Morgan fingerprint density at radius 2 is 2.11 bits per heavy atom. The van der Waals surface area contributed by atoms with Gasteiger partial charge in [0.05, 0.1) is 17.9 Å². The molecule has 0 bridgehead atoms. The molecule has 28 heavy (non-hydrogen) atoms. The summed E-state index contributed by atoms with van der Waals surface area (Å²) in [6.45, 7) is 6.98. The number of rotatable bonds is 2. The number of ether oxygens (including phenoxy) is 1. The first-order valence-electron chi connectivity index (χ1n) is 9.61. The lowest BCUT2D eigenvalue weighted by Crippen LogP contribution is -2.42. The van der Waals surface area contributed by atoms with Crippen LogP contribution in [-0.4, -0.2) is 62.5 Å². The highest BCUT2D eigenvalue weighted by molar-refractivity contribution is 6.02. The van der Waals surface area contributed by atoms with E-state index < -0.39 is 5.60 Å². The number of likely N-dealkylation sites (tertiary alicyclic amines) is 1.